The molecule has 0 spiro atoms. The first kappa shape index (κ1) is 14.3. The molecule has 106 valence electrons. The van der Waals surface area contributed by atoms with Crippen molar-refractivity contribution in [2.45, 2.75) is 19.9 Å². The van der Waals surface area contributed by atoms with Crippen LogP contribution in [0.1, 0.15) is 24.5 Å². The number of nitrogens with one attached hydrogen (secondary N) is 1. The van der Waals surface area contributed by atoms with Crippen LogP contribution in [0.25, 0.3) is 11.3 Å². The van der Waals surface area contributed by atoms with Crippen LogP contribution >= 0.6 is 11.6 Å². The van der Waals surface area contributed by atoms with Gasteiger partial charge in [-0.1, -0.05) is 11.6 Å². The number of halogens is 1. The lowest BCUT2D eigenvalue weighted by molar-refractivity contribution is 0.0680. The fourth-order valence-corrected chi connectivity index (χ4v) is 2.00. The lowest BCUT2D eigenvalue weighted by atomic mass is 10.2. The van der Waals surface area contributed by atoms with Crippen LogP contribution in [0.15, 0.2) is 18.5 Å². The van der Waals surface area contributed by atoms with Gasteiger partial charge in [0, 0.05) is 31.0 Å². The second-order valence-corrected chi connectivity index (χ2v) is 5.12. The number of carbonyl (C=O) groups is 1. The molecule has 0 aliphatic carbocycles. The van der Waals surface area contributed by atoms with Gasteiger partial charge in [0.1, 0.15) is 5.82 Å². The largest absolute Gasteiger partial charge is 0.475 e. The Balaban J connectivity index is 2.46. The highest BCUT2D eigenvalue weighted by Gasteiger charge is 2.16. The van der Waals surface area contributed by atoms with E-state index in [1.54, 1.807) is 19.3 Å². The molecule has 0 amide bonds. The SMILES string of the molecule is CC(C)Nc1cc(-c2cn(C)c(C(=O)O)n2)c(Cl)cn1. The van der Waals surface area contributed by atoms with Crippen LogP contribution in [0.4, 0.5) is 5.82 Å². The van der Waals surface area contributed by atoms with Crippen LogP contribution in [0, 0.1) is 0 Å². The molecule has 0 saturated heterocycles. The van der Waals surface area contributed by atoms with E-state index >= 15 is 0 Å². The van der Waals surface area contributed by atoms with Crippen LogP contribution in [-0.2, 0) is 7.05 Å². The topological polar surface area (TPSA) is 80.0 Å². The van der Waals surface area contributed by atoms with Gasteiger partial charge in [0.2, 0.25) is 5.82 Å². The van der Waals surface area contributed by atoms with Crippen molar-refractivity contribution in [3.8, 4) is 11.3 Å². The van der Waals surface area contributed by atoms with Gasteiger partial charge in [-0.15, -0.1) is 0 Å². The fourth-order valence-electron chi connectivity index (χ4n) is 1.80. The number of carboxylic acid groups (broad SMARTS) is 1. The van der Waals surface area contributed by atoms with Crippen LogP contribution in [0.5, 0.6) is 0 Å². The first-order valence-electron chi connectivity index (χ1n) is 6.07. The monoisotopic (exact) mass is 294 g/mol. The van der Waals surface area contributed by atoms with Crippen molar-refractivity contribution >= 4 is 23.4 Å². The maximum Gasteiger partial charge on any atom is 0.372 e. The van der Waals surface area contributed by atoms with Crippen LogP contribution in [-0.4, -0.2) is 31.7 Å². The predicted molar refractivity (Wildman–Crippen MR) is 77.2 cm³/mol. The molecule has 0 fully saturated rings. The lowest BCUT2D eigenvalue weighted by Gasteiger charge is -2.10. The molecule has 0 bridgehead atoms. The molecule has 2 rings (SSSR count). The highest BCUT2D eigenvalue weighted by atomic mass is 35.5. The summed E-state index contributed by atoms with van der Waals surface area (Å²) in [4.78, 5) is 19.3. The van der Waals surface area contributed by atoms with Crippen molar-refractivity contribution in [2.24, 2.45) is 7.05 Å². The average Bonchev–Trinajstić information content (AvgIpc) is 2.73. The summed E-state index contributed by atoms with van der Waals surface area (Å²) in [5, 5.41) is 12.6. The molecule has 7 heteroatoms. The minimum absolute atomic E-state index is 0.0359. The Morgan fingerprint density at radius 1 is 1.50 bits per heavy atom. The summed E-state index contributed by atoms with van der Waals surface area (Å²) in [7, 11) is 1.63. The number of aromatic nitrogens is 3. The summed E-state index contributed by atoms with van der Waals surface area (Å²) >= 11 is 6.12. The van der Waals surface area contributed by atoms with Gasteiger partial charge in [-0.2, -0.15) is 0 Å². The Hall–Kier alpha value is -2.08. The maximum absolute atomic E-state index is 11.0. The third-order valence-corrected chi connectivity index (χ3v) is 2.94. The number of rotatable bonds is 4. The zero-order chi connectivity index (χ0) is 14.9. The summed E-state index contributed by atoms with van der Waals surface area (Å²) < 4.78 is 1.45. The predicted octanol–water partition coefficient (Wildman–Crippen LogP) is 2.65. The minimum atomic E-state index is -1.08. The quantitative estimate of drug-likeness (QED) is 0.906. The second kappa shape index (κ2) is 5.50. The van der Waals surface area contributed by atoms with Crippen molar-refractivity contribution in [3.63, 3.8) is 0 Å². The van der Waals surface area contributed by atoms with E-state index < -0.39 is 5.97 Å². The highest BCUT2D eigenvalue weighted by molar-refractivity contribution is 6.33. The first-order valence-corrected chi connectivity index (χ1v) is 6.45. The Kier molecular flexibility index (Phi) is 3.94. The third kappa shape index (κ3) is 2.91. The minimum Gasteiger partial charge on any atom is -0.475 e. The van der Waals surface area contributed by atoms with Crippen LogP contribution in [0.2, 0.25) is 5.02 Å². The van der Waals surface area contributed by atoms with E-state index in [1.807, 2.05) is 13.8 Å². The van der Waals surface area contributed by atoms with Gasteiger partial charge in [0.15, 0.2) is 0 Å². The standard InChI is InChI=1S/C13H15ClN4O2/c1-7(2)16-11-4-8(9(14)5-15-11)10-6-18(3)12(17-10)13(19)20/h4-7H,1-3H3,(H,15,16)(H,19,20). The number of carboxylic acids is 1. The molecule has 2 aromatic heterocycles. The second-order valence-electron chi connectivity index (χ2n) is 4.71. The number of aryl methyl sites for hydroxylation is 1. The van der Waals surface area contributed by atoms with E-state index in [1.165, 1.54) is 10.8 Å². The molecule has 0 aromatic carbocycles. The molecular weight excluding hydrogens is 280 g/mol. The van der Waals surface area contributed by atoms with Crippen molar-refractivity contribution in [2.75, 3.05) is 5.32 Å². The Morgan fingerprint density at radius 2 is 2.20 bits per heavy atom. The Bertz CT molecular complexity index is 652. The van der Waals surface area contributed by atoms with Crippen molar-refractivity contribution in [1.29, 1.82) is 0 Å². The van der Waals surface area contributed by atoms with Crippen molar-refractivity contribution in [1.82, 2.24) is 14.5 Å². The number of anilines is 1. The summed E-state index contributed by atoms with van der Waals surface area (Å²) in [6.45, 7) is 4.00. The summed E-state index contributed by atoms with van der Waals surface area (Å²) in [6.07, 6.45) is 3.15. The number of hydrogen-bond acceptors (Lipinski definition) is 4. The summed E-state index contributed by atoms with van der Waals surface area (Å²) in [5.74, 6) is -0.447. The van der Waals surface area contributed by atoms with E-state index in [2.05, 4.69) is 15.3 Å². The number of pyridine rings is 1. The number of hydrogen-bond donors (Lipinski definition) is 2. The van der Waals surface area contributed by atoms with Crippen molar-refractivity contribution in [3.05, 3.63) is 29.3 Å². The summed E-state index contributed by atoms with van der Waals surface area (Å²) in [5.41, 5.74) is 1.15. The van der Waals surface area contributed by atoms with Crippen LogP contribution < -0.4 is 5.32 Å². The molecular formula is C13H15ClN4O2. The molecule has 2 aromatic rings. The number of nitrogens with zero attached hydrogens (tertiary/aromatic N) is 3. The zero-order valence-corrected chi connectivity index (χ0v) is 12.1. The van der Waals surface area contributed by atoms with E-state index in [0.29, 0.717) is 22.1 Å². The Labute approximate surface area is 121 Å². The van der Waals surface area contributed by atoms with Gasteiger partial charge in [-0.25, -0.2) is 14.8 Å². The number of aromatic carboxylic acids is 1. The third-order valence-electron chi connectivity index (χ3n) is 2.64. The van der Waals surface area contributed by atoms with Gasteiger partial charge in [0.25, 0.3) is 0 Å². The van der Waals surface area contributed by atoms with E-state index in [4.69, 9.17) is 16.7 Å². The van der Waals surface area contributed by atoms with Crippen LogP contribution in [0.3, 0.4) is 0 Å². The smallest absolute Gasteiger partial charge is 0.372 e. The molecule has 0 aliphatic heterocycles. The molecule has 2 heterocycles. The van der Waals surface area contributed by atoms with Gasteiger partial charge >= 0.3 is 5.97 Å². The molecule has 0 saturated carbocycles. The average molecular weight is 295 g/mol. The van der Waals surface area contributed by atoms with Gasteiger partial charge in [-0.05, 0) is 19.9 Å². The lowest BCUT2D eigenvalue weighted by Crippen LogP contribution is -2.10. The highest BCUT2D eigenvalue weighted by Crippen LogP contribution is 2.28. The molecule has 0 aliphatic rings. The fraction of sp³-hybridized carbons (Fsp3) is 0.308. The molecule has 20 heavy (non-hydrogen) atoms. The normalized spacial score (nSPS) is 10.8. The first-order chi connectivity index (χ1) is 9.38. The molecule has 0 unspecified atom stereocenters. The van der Waals surface area contributed by atoms with Crippen molar-refractivity contribution < 1.29 is 9.90 Å². The van der Waals surface area contributed by atoms with E-state index in [9.17, 15) is 4.79 Å². The zero-order valence-electron chi connectivity index (χ0n) is 11.4. The van der Waals surface area contributed by atoms with Gasteiger partial charge in [-0.3, -0.25) is 0 Å². The molecule has 6 nitrogen and oxygen atoms in total. The summed E-state index contributed by atoms with van der Waals surface area (Å²) in [6, 6.07) is 1.99. The van der Waals surface area contributed by atoms with Gasteiger partial charge in [0.05, 0.1) is 10.7 Å². The van der Waals surface area contributed by atoms with E-state index in [0.717, 1.165) is 0 Å². The number of imidazole rings is 1. The molecule has 2 N–H and O–H groups in total. The molecule has 0 atom stereocenters. The Morgan fingerprint density at radius 3 is 2.75 bits per heavy atom. The van der Waals surface area contributed by atoms with E-state index in [-0.39, 0.29) is 11.9 Å². The molecule has 0 radical (unpaired) electrons. The van der Waals surface area contributed by atoms with Gasteiger partial charge < -0.3 is 15.0 Å². The maximum atomic E-state index is 11.0.